The monoisotopic (exact) mass is 359 g/mol. The van der Waals surface area contributed by atoms with Gasteiger partial charge in [-0.25, -0.2) is 9.97 Å². The quantitative estimate of drug-likeness (QED) is 0.583. The Morgan fingerprint density at radius 2 is 2.23 bits per heavy atom. The molecule has 0 bridgehead atoms. The Labute approximate surface area is 132 Å². The molecule has 0 amide bonds. The van der Waals surface area contributed by atoms with Crippen LogP contribution in [0.2, 0.25) is 0 Å². The summed E-state index contributed by atoms with van der Waals surface area (Å²) >= 11 is 3.45. The summed E-state index contributed by atoms with van der Waals surface area (Å²) in [4.78, 5) is 8.94. The zero-order chi connectivity index (χ0) is 15.1. The summed E-state index contributed by atoms with van der Waals surface area (Å²) < 4.78 is 7.90. The number of aromatic nitrogens is 6. The lowest BCUT2D eigenvalue weighted by Crippen LogP contribution is -2.00. The van der Waals surface area contributed by atoms with Gasteiger partial charge in [0.25, 0.3) is 0 Å². The van der Waals surface area contributed by atoms with E-state index in [1.807, 2.05) is 19.3 Å². The van der Waals surface area contributed by atoms with Crippen LogP contribution in [0.1, 0.15) is 0 Å². The number of rotatable bonds is 3. The Balaban J connectivity index is 1.85. The minimum atomic E-state index is 0.480. The van der Waals surface area contributed by atoms with E-state index in [9.17, 15) is 0 Å². The molecule has 0 aromatic carbocycles. The third-order valence-corrected chi connectivity index (χ3v) is 3.64. The first-order chi connectivity index (χ1) is 10.7. The number of nitrogens with zero attached hydrogens (tertiary/aromatic N) is 5. The molecule has 4 aromatic rings. The van der Waals surface area contributed by atoms with Crippen LogP contribution in [0.25, 0.3) is 22.6 Å². The van der Waals surface area contributed by atoms with Crippen molar-refractivity contribution in [3.63, 3.8) is 0 Å². The van der Waals surface area contributed by atoms with E-state index in [0.29, 0.717) is 34.3 Å². The van der Waals surface area contributed by atoms with Crippen molar-refractivity contribution in [3.8, 4) is 11.6 Å². The van der Waals surface area contributed by atoms with Crippen molar-refractivity contribution in [2.45, 2.75) is 0 Å². The molecule has 0 spiro atoms. The topological polar surface area (TPSA) is 97.5 Å². The Hall–Kier alpha value is -2.68. The maximum absolute atomic E-state index is 5.37. The Kier molecular flexibility index (Phi) is 2.93. The molecule has 0 radical (unpaired) electrons. The van der Waals surface area contributed by atoms with Crippen LogP contribution in [0.3, 0.4) is 0 Å². The van der Waals surface area contributed by atoms with Gasteiger partial charge in [-0.05, 0) is 28.1 Å². The summed E-state index contributed by atoms with van der Waals surface area (Å²) in [5.41, 5.74) is 1.39. The van der Waals surface area contributed by atoms with E-state index in [0.717, 1.165) is 4.47 Å². The van der Waals surface area contributed by atoms with Gasteiger partial charge >= 0.3 is 0 Å². The first-order valence-corrected chi connectivity index (χ1v) is 7.21. The molecule has 110 valence electrons. The Bertz CT molecular complexity index is 941. The second-order valence-electron chi connectivity index (χ2n) is 4.63. The lowest BCUT2D eigenvalue weighted by molar-refractivity contribution is 0.577. The van der Waals surface area contributed by atoms with Crippen LogP contribution in [0.4, 0.5) is 11.6 Å². The fourth-order valence-corrected chi connectivity index (χ4v) is 2.58. The predicted molar refractivity (Wildman–Crippen MR) is 83.6 cm³/mol. The lowest BCUT2D eigenvalue weighted by Gasteiger charge is -2.05. The number of furan rings is 1. The van der Waals surface area contributed by atoms with Gasteiger partial charge in [0.15, 0.2) is 23.2 Å². The third-order valence-electron chi connectivity index (χ3n) is 3.06. The summed E-state index contributed by atoms with van der Waals surface area (Å²) in [5, 5.41) is 14.4. The standard InChI is InChI=1S/C13H10BrN7O/c1-21-6-7(14)11(20-21)17-13-10-8(5-15-19-10)16-12(18-13)9-3-2-4-22-9/h2-6H,1H3,(H,15,19)(H,16,17,18,20). The van der Waals surface area contributed by atoms with E-state index in [4.69, 9.17) is 4.42 Å². The molecule has 9 heteroatoms. The molecule has 22 heavy (non-hydrogen) atoms. The highest BCUT2D eigenvalue weighted by molar-refractivity contribution is 9.10. The van der Waals surface area contributed by atoms with Crippen molar-refractivity contribution < 1.29 is 4.42 Å². The fraction of sp³-hybridized carbons (Fsp3) is 0.0769. The summed E-state index contributed by atoms with van der Waals surface area (Å²) in [5.74, 6) is 2.30. The molecule has 0 aliphatic carbocycles. The molecule has 0 saturated heterocycles. The van der Waals surface area contributed by atoms with Gasteiger partial charge < -0.3 is 9.73 Å². The van der Waals surface area contributed by atoms with Crippen molar-refractivity contribution in [1.29, 1.82) is 0 Å². The van der Waals surface area contributed by atoms with Gasteiger partial charge in [-0.1, -0.05) is 0 Å². The molecular weight excluding hydrogens is 350 g/mol. The second-order valence-corrected chi connectivity index (χ2v) is 5.48. The predicted octanol–water partition coefficient (Wildman–Crippen LogP) is 2.85. The first kappa shape index (κ1) is 13.0. The van der Waals surface area contributed by atoms with Gasteiger partial charge in [0.1, 0.15) is 11.0 Å². The van der Waals surface area contributed by atoms with Gasteiger partial charge in [0.05, 0.1) is 16.9 Å². The Morgan fingerprint density at radius 1 is 1.32 bits per heavy atom. The highest BCUT2D eigenvalue weighted by Crippen LogP contribution is 2.28. The molecule has 8 nitrogen and oxygen atoms in total. The number of anilines is 2. The highest BCUT2D eigenvalue weighted by atomic mass is 79.9. The highest BCUT2D eigenvalue weighted by Gasteiger charge is 2.15. The molecule has 0 unspecified atom stereocenters. The number of halogens is 1. The molecule has 0 fully saturated rings. The van der Waals surface area contributed by atoms with Crippen LogP contribution in [0, 0.1) is 0 Å². The lowest BCUT2D eigenvalue weighted by atomic mass is 10.3. The van der Waals surface area contributed by atoms with E-state index in [-0.39, 0.29) is 0 Å². The molecule has 2 N–H and O–H groups in total. The number of hydrogen-bond acceptors (Lipinski definition) is 6. The van der Waals surface area contributed by atoms with E-state index in [1.54, 1.807) is 23.2 Å². The molecular formula is C13H10BrN7O. The van der Waals surface area contributed by atoms with Crippen LogP contribution in [0.15, 0.2) is 39.7 Å². The van der Waals surface area contributed by atoms with E-state index in [1.165, 1.54) is 0 Å². The van der Waals surface area contributed by atoms with Gasteiger partial charge in [-0.2, -0.15) is 10.2 Å². The average molecular weight is 360 g/mol. The van der Waals surface area contributed by atoms with Gasteiger partial charge in [-0.3, -0.25) is 9.78 Å². The maximum Gasteiger partial charge on any atom is 0.198 e. The second kappa shape index (κ2) is 4.95. The van der Waals surface area contributed by atoms with Crippen LogP contribution >= 0.6 is 15.9 Å². The van der Waals surface area contributed by atoms with Crippen molar-refractivity contribution in [3.05, 3.63) is 35.3 Å². The van der Waals surface area contributed by atoms with E-state index < -0.39 is 0 Å². The minimum Gasteiger partial charge on any atom is -0.461 e. The molecule has 4 aromatic heterocycles. The zero-order valence-electron chi connectivity index (χ0n) is 11.4. The number of fused-ring (bicyclic) bond motifs is 1. The third kappa shape index (κ3) is 2.15. The van der Waals surface area contributed by atoms with Gasteiger partial charge in [-0.15, -0.1) is 0 Å². The van der Waals surface area contributed by atoms with Crippen molar-refractivity contribution >= 4 is 38.6 Å². The summed E-state index contributed by atoms with van der Waals surface area (Å²) in [7, 11) is 1.84. The van der Waals surface area contributed by atoms with Crippen LogP contribution < -0.4 is 5.32 Å². The minimum absolute atomic E-state index is 0.480. The van der Waals surface area contributed by atoms with Crippen LogP contribution in [-0.2, 0) is 7.05 Å². The molecule has 0 aliphatic heterocycles. The van der Waals surface area contributed by atoms with Gasteiger partial charge in [0, 0.05) is 13.2 Å². The van der Waals surface area contributed by atoms with Crippen molar-refractivity contribution in [2.75, 3.05) is 5.32 Å². The molecule has 4 heterocycles. The largest absolute Gasteiger partial charge is 0.461 e. The number of aryl methyl sites for hydroxylation is 1. The summed E-state index contributed by atoms with van der Waals surface area (Å²) in [6.07, 6.45) is 5.07. The smallest absolute Gasteiger partial charge is 0.198 e. The molecule has 4 rings (SSSR count). The molecule has 0 aliphatic rings. The van der Waals surface area contributed by atoms with Gasteiger partial charge in [0.2, 0.25) is 0 Å². The zero-order valence-corrected chi connectivity index (χ0v) is 13.0. The summed E-state index contributed by atoms with van der Waals surface area (Å²) in [6.45, 7) is 0. The van der Waals surface area contributed by atoms with Crippen molar-refractivity contribution in [1.82, 2.24) is 29.9 Å². The maximum atomic E-state index is 5.37. The first-order valence-electron chi connectivity index (χ1n) is 6.42. The molecule has 0 saturated carbocycles. The van der Waals surface area contributed by atoms with Crippen molar-refractivity contribution in [2.24, 2.45) is 7.05 Å². The number of H-pyrrole nitrogens is 1. The Morgan fingerprint density at radius 3 is 2.95 bits per heavy atom. The average Bonchev–Trinajstić information content (AvgIpc) is 3.21. The molecule has 0 atom stereocenters. The fourth-order valence-electron chi connectivity index (χ4n) is 2.10. The number of aromatic amines is 1. The van der Waals surface area contributed by atoms with Crippen LogP contribution in [-0.4, -0.2) is 29.9 Å². The van der Waals surface area contributed by atoms with Crippen LogP contribution in [0.5, 0.6) is 0 Å². The number of hydrogen-bond donors (Lipinski definition) is 2. The van der Waals surface area contributed by atoms with E-state index >= 15 is 0 Å². The SMILES string of the molecule is Cn1cc(Br)c(Nc2nc(-c3ccco3)nc3cn[nH]c23)n1. The number of nitrogens with one attached hydrogen (secondary N) is 2. The normalized spacial score (nSPS) is 11.2. The summed E-state index contributed by atoms with van der Waals surface area (Å²) in [6, 6.07) is 3.60. The van der Waals surface area contributed by atoms with E-state index in [2.05, 4.69) is 46.5 Å².